The maximum atomic E-state index is 13.1. The van der Waals surface area contributed by atoms with Gasteiger partial charge in [0.25, 0.3) is 0 Å². The monoisotopic (exact) mass is 266 g/mol. The van der Waals surface area contributed by atoms with Crippen LogP contribution in [0.1, 0.15) is 18.7 Å². The minimum atomic E-state index is -0.436. The van der Waals surface area contributed by atoms with Gasteiger partial charge in [-0.1, -0.05) is 11.6 Å². The number of imidazole rings is 1. The molecule has 0 aliphatic heterocycles. The number of aliphatic hydroxyl groups excluding tert-OH is 1. The summed E-state index contributed by atoms with van der Waals surface area (Å²) in [6, 6.07) is 4.54. The molecule has 0 unspecified atom stereocenters. The molecule has 0 bridgehead atoms. The highest BCUT2D eigenvalue weighted by Gasteiger charge is 2.46. The van der Waals surface area contributed by atoms with E-state index in [0.29, 0.717) is 0 Å². The molecule has 0 spiro atoms. The van der Waals surface area contributed by atoms with Crippen molar-refractivity contribution in [1.82, 2.24) is 9.97 Å². The number of rotatable bonds is 3. The number of nitrogens with zero attached hydrogens (tertiary/aromatic N) is 1. The van der Waals surface area contributed by atoms with Crippen LogP contribution >= 0.6 is 11.6 Å². The smallest absolute Gasteiger partial charge is 0.141 e. The Bertz CT molecular complexity index is 592. The Labute approximate surface area is 109 Å². The van der Waals surface area contributed by atoms with Crippen molar-refractivity contribution in [3.63, 3.8) is 0 Å². The molecule has 1 aromatic heterocycles. The number of nitrogens with one attached hydrogen (secondary N) is 1. The number of halogens is 2. The standard InChI is InChI=1S/C13H12ClFN2O/c14-9-5-8(1-2-10(9)15)11-6-16-12(17-11)13(7-18)3-4-13/h1-2,5-6,18H,3-4,7H2,(H,16,17). The van der Waals surface area contributed by atoms with Crippen LogP contribution in [0.4, 0.5) is 4.39 Å². The minimum absolute atomic E-state index is 0.0898. The fraction of sp³-hybridized carbons (Fsp3) is 0.308. The van der Waals surface area contributed by atoms with Crippen LogP contribution in [0.15, 0.2) is 24.4 Å². The number of hydrogen-bond acceptors (Lipinski definition) is 2. The Balaban J connectivity index is 1.95. The predicted molar refractivity (Wildman–Crippen MR) is 67.0 cm³/mol. The van der Waals surface area contributed by atoms with Gasteiger partial charge >= 0.3 is 0 Å². The predicted octanol–water partition coefficient (Wildman–Crippen LogP) is 2.89. The van der Waals surface area contributed by atoms with E-state index >= 15 is 0 Å². The molecule has 3 rings (SSSR count). The summed E-state index contributed by atoms with van der Waals surface area (Å²) in [4.78, 5) is 7.47. The van der Waals surface area contributed by atoms with E-state index in [1.54, 1.807) is 18.3 Å². The van der Waals surface area contributed by atoms with Gasteiger partial charge in [0, 0.05) is 5.56 Å². The first-order valence-corrected chi connectivity index (χ1v) is 6.14. The Hall–Kier alpha value is -1.39. The second-order valence-corrected chi connectivity index (χ2v) is 5.12. The molecule has 1 heterocycles. The molecule has 1 aliphatic rings. The molecule has 1 fully saturated rings. The summed E-state index contributed by atoms with van der Waals surface area (Å²) in [6.07, 6.45) is 3.58. The Morgan fingerprint density at radius 1 is 1.44 bits per heavy atom. The molecule has 2 aromatic rings. The van der Waals surface area contributed by atoms with Crippen molar-refractivity contribution >= 4 is 11.6 Å². The minimum Gasteiger partial charge on any atom is -0.395 e. The summed E-state index contributed by atoms with van der Waals surface area (Å²) < 4.78 is 13.1. The first kappa shape index (κ1) is 11.7. The van der Waals surface area contributed by atoms with E-state index < -0.39 is 5.82 Å². The van der Waals surface area contributed by atoms with Gasteiger partial charge in [0.1, 0.15) is 11.6 Å². The van der Waals surface area contributed by atoms with E-state index in [9.17, 15) is 9.50 Å². The molecular formula is C13H12ClFN2O. The van der Waals surface area contributed by atoms with Gasteiger partial charge in [0.05, 0.1) is 28.9 Å². The lowest BCUT2D eigenvalue weighted by molar-refractivity contribution is 0.250. The molecule has 0 saturated heterocycles. The van der Waals surface area contributed by atoms with E-state index in [1.165, 1.54) is 6.07 Å². The highest BCUT2D eigenvalue weighted by molar-refractivity contribution is 6.31. The molecule has 1 aromatic carbocycles. The van der Waals surface area contributed by atoms with Gasteiger partial charge in [-0.25, -0.2) is 9.37 Å². The van der Waals surface area contributed by atoms with E-state index in [4.69, 9.17) is 11.6 Å². The molecule has 2 N–H and O–H groups in total. The van der Waals surface area contributed by atoms with Gasteiger partial charge in [-0.3, -0.25) is 0 Å². The fourth-order valence-electron chi connectivity index (χ4n) is 2.02. The maximum absolute atomic E-state index is 13.1. The topological polar surface area (TPSA) is 48.9 Å². The number of aromatic amines is 1. The molecule has 1 saturated carbocycles. The van der Waals surface area contributed by atoms with Gasteiger partial charge < -0.3 is 10.1 Å². The first-order chi connectivity index (χ1) is 8.64. The normalized spacial score (nSPS) is 16.8. The van der Waals surface area contributed by atoms with E-state index in [2.05, 4.69) is 9.97 Å². The summed E-state index contributed by atoms with van der Waals surface area (Å²) in [7, 11) is 0. The highest BCUT2D eigenvalue weighted by Crippen LogP contribution is 2.46. The number of H-pyrrole nitrogens is 1. The molecule has 94 valence electrons. The van der Waals surface area contributed by atoms with Crippen molar-refractivity contribution < 1.29 is 9.50 Å². The molecule has 3 nitrogen and oxygen atoms in total. The molecule has 5 heteroatoms. The molecule has 0 radical (unpaired) electrons. The third kappa shape index (κ3) is 1.82. The molecule has 0 amide bonds. The summed E-state index contributed by atoms with van der Waals surface area (Å²) in [6.45, 7) is 0.101. The summed E-state index contributed by atoms with van der Waals surface area (Å²) >= 11 is 5.75. The van der Waals surface area contributed by atoms with Crippen molar-refractivity contribution in [2.24, 2.45) is 0 Å². The Morgan fingerprint density at radius 3 is 2.83 bits per heavy atom. The average Bonchev–Trinajstić information content (AvgIpc) is 3.02. The molecule has 0 atom stereocenters. The van der Waals surface area contributed by atoms with Crippen LogP contribution in [0.3, 0.4) is 0 Å². The van der Waals surface area contributed by atoms with Crippen LogP contribution in [0, 0.1) is 5.82 Å². The van der Waals surface area contributed by atoms with E-state index in [1.807, 2.05) is 0 Å². The lowest BCUT2D eigenvalue weighted by Gasteiger charge is -2.06. The summed E-state index contributed by atoms with van der Waals surface area (Å²) in [5.41, 5.74) is 1.38. The van der Waals surface area contributed by atoms with Crippen LogP contribution in [0.25, 0.3) is 11.3 Å². The third-order valence-corrected chi connectivity index (χ3v) is 3.75. The zero-order valence-corrected chi connectivity index (χ0v) is 10.3. The lowest BCUT2D eigenvalue weighted by atomic mass is 10.1. The van der Waals surface area contributed by atoms with E-state index in [-0.39, 0.29) is 17.0 Å². The average molecular weight is 267 g/mol. The van der Waals surface area contributed by atoms with Gasteiger partial charge in [0.15, 0.2) is 0 Å². The Kier molecular flexibility index (Phi) is 2.64. The van der Waals surface area contributed by atoms with Crippen LogP contribution in [-0.2, 0) is 5.41 Å². The van der Waals surface area contributed by atoms with Crippen LogP contribution in [0.5, 0.6) is 0 Å². The fourth-order valence-corrected chi connectivity index (χ4v) is 2.20. The van der Waals surface area contributed by atoms with Crippen LogP contribution < -0.4 is 0 Å². The van der Waals surface area contributed by atoms with Crippen molar-refractivity contribution in [3.8, 4) is 11.3 Å². The zero-order valence-electron chi connectivity index (χ0n) is 9.58. The van der Waals surface area contributed by atoms with Crippen LogP contribution in [-0.4, -0.2) is 21.7 Å². The summed E-state index contributed by atoms with van der Waals surface area (Å²) in [5.74, 6) is 0.356. The number of hydrogen-bond donors (Lipinski definition) is 2. The van der Waals surface area contributed by atoms with Gasteiger partial charge in [-0.15, -0.1) is 0 Å². The third-order valence-electron chi connectivity index (χ3n) is 3.46. The zero-order chi connectivity index (χ0) is 12.8. The highest BCUT2D eigenvalue weighted by atomic mass is 35.5. The maximum Gasteiger partial charge on any atom is 0.141 e. The van der Waals surface area contributed by atoms with E-state index in [0.717, 1.165) is 29.9 Å². The summed E-state index contributed by atoms with van der Waals surface area (Å²) in [5, 5.41) is 9.43. The molecule has 1 aliphatic carbocycles. The van der Waals surface area contributed by atoms with Crippen molar-refractivity contribution in [2.45, 2.75) is 18.3 Å². The molecule has 18 heavy (non-hydrogen) atoms. The van der Waals surface area contributed by atoms with Crippen LogP contribution in [0.2, 0.25) is 5.02 Å². The first-order valence-electron chi connectivity index (χ1n) is 5.76. The van der Waals surface area contributed by atoms with Crippen molar-refractivity contribution in [3.05, 3.63) is 41.1 Å². The van der Waals surface area contributed by atoms with Gasteiger partial charge in [-0.05, 0) is 31.0 Å². The Morgan fingerprint density at radius 2 is 2.22 bits per heavy atom. The van der Waals surface area contributed by atoms with Gasteiger partial charge in [0.2, 0.25) is 0 Å². The van der Waals surface area contributed by atoms with Crippen molar-refractivity contribution in [2.75, 3.05) is 6.61 Å². The van der Waals surface area contributed by atoms with Gasteiger partial charge in [-0.2, -0.15) is 0 Å². The molecular weight excluding hydrogens is 255 g/mol. The number of aromatic nitrogens is 2. The largest absolute Gasteiger partial charge is 0.395 e. The quantitative estimate of drug-likeness (QED) is 0.897. The second-order valence-electron chi connectivity index (χ2n) is 4.71. The number of aliphatic hydroxyl groups is 1. The second kappa shape index (κ2) is 4.07. The van der Waals surface area contributed by atoms with Crippen molar-refractivity contribution in [1.29, 1.82) is 0 Å². The lowest BCUT2D eigenvalue weighted by Crippen LogP contribution is -2.13. The number of benzene rings is 1. The SMILES string of the molecule is OCC1(c2ncc(-c3ccc(F)c(Cl)c3)[nH]2)CC1.